The van der Waals surface area contributed by atoms with Crippen LogP contribution < -0.4 is 4.90 Å². The van der Waals surface area contributed by atoms with E-state index >= 15 is 0 Å². The molecular weight excluding hydrogens is 318 g/mol. The average Bonchev–Trinajstić information content (AvgIpc) is 3.30. The molecule has 4 rings (SSSR count). The molecule has 1 saturated heterocycles. The Morgan fingerprint density at radius 3 is 2.83 bits per heavy atom. The molecule has 1 N–H and O–H groups in total. The molecule has 0 radical (unpaired) electrons. The number of hydrogen-bond donors (Lipinski definition) is 1. The topological polar surface area (TPSA) is 39.6 Å². The van der Waals surface area contributed by atoms with E-state index in [4.69, 9.17) is 0 Å². The average molecular weight is 343 g/mol. The van der Waals surface area contributed by atoms with Crippen LogP contribution in [0.15, 0.2) is 29.1 Å². The molecule has 1 unspecified atom stereocenters. The number of hydrogen-bond acceptors (Lipinski definition) is 5. The molecule has 3 heterocycles. The first-order chi connectivity index (χ1) is 11.8. The second-order valence-corrected chi connectivity index (χ2v) is 7.53. The maximum Gasteiger partial charge on any atom is 0.122 e. The molecule has 0 bridgehead atoms. The minimum absolute atomic E-state index is 0.620. The molecule has 2 aliphatic heterocycles. The number of rotatable bonds is 4. The van der Waals surface area contributed by atoms with Crippen molar-refractivity contribution in [3.63, 3.8) is 0 Å². The Balaban J connectivity index is 1.55. The summed E-state index contributed by atoms with van der Waals surface area (Å²) in [6, 6.07) is 7.09. The smallest absolute Gasteiger partial charge is 0.122 e. The van der Waals surface area contributed by atoms with Gasteiger partial charge in [0, 0.05) is 36.7 Å². The summed E-state index contributed by atoms with van der Waals surface area (Å²) >= 11 is 1.53. The molecule has 0 amide bonds. The molecule has 4 nitrogen and oxygen atoms in total. The van der Waals surface area contributed by atoms with Gasteiger partial charge in [-0.05, 0) is 43.0 Å². The lowest BCUT2D eigenvalue weighted by Gasteiger charge is -2.37. The molecule has 1 aromatic heterocycles. The lowest BCUT2D eigenvalue weighted by molar-refractivity contribution is 0.215. The lowest BCUT2D eigenvalue weighted by atomic mass is 10.0. The number of piperidine rings is 1. The number of nitrogens with zero attached hydrogens (tertiary/aromatic N) is 3. The fourth-order valence-corrected chi connectivity index (χ4v) is 4.62. The summed E-state index contributed by atoms with van der Waals surface area (Å²) in [6.45, 7) is 6.93. The summed E-state index contributed by atoms with van der Waals surface area (Å²) in [7, 11) is 0. The normalized spacial score (nSPS) is 20.3. The van der Waals surface area contributed by atoms with E-state index < -0.39 is 6.10 Å². The minimum atomic E-state index is -0.620. The fraction of sp³-hybridized carbons (Fsp3) is 0.526. The zero-order valence-corrected chi connectivity index (χ0v) is 15.0. The number of aliphatic hydroxyl groups excluding tert-OH is 1. The van der Waals surface area contributed by atoms with E-state index in [-0.39, 0.29) is 0 Å². The fourth-order valence-electron chi connectivity index (χ4n) is 4.05. The minimum Gasteiger partial charge on any atom is -0.382 e. The van der Waals surface area contributed by atoms with Gasteiger partial charge in [-0.1, -0.05) is 19.1 Å². The molecule has 1 atom stereocenters. The number of aliphatic hydroxyl groups is 1. The van der Waals surface area contributed by atoms with Crippen LogP contribution in [0, 0.1) is 0 Å². The van der Waals surface area contributed by atoms with Crippen molar-refractivity contribution in [2.45, 2.75) is 38.3 Å². The molecule has 1 aromatic carbocycles. The third kappa shape index (κ3) is 2.96. The Morgan fingerprint density at radius 2 is 2.12 bits per heavy atom. The quantitative estimate of drug-likeness (QED) is 0.926. The molecule has 5 heteroatoms. The summed E-state index contributed by atoms with van der Waals surface area (Å²) < 4.78 is 0. The van der Waals surface area contributed by atoms with Crippen LogP contribution in [0.4, 0.5) is 5.69 Å². The maximum atomic E-state index is 10.6. The highest BCUT2D eigenvalue weighted by Crippen LogP contribution is 2.35. The van der Waals surface area contributed by atoms with E-state index in [0.717, 1.165) is 30.8 Å². The van der Waals surface area contributed by atoms with E-state index in [1.165, 1.54) is 48.5 Å². The molecule has 0 spiro atoms. The van der Waals surface area contributed by atoms with Crippen LogP contribution in [0.25, 0.3) is 0 Å². The summed E-state index contributed by atoms with van der Waals surface area (Å²) in [5.74, 6) is 0. The molecule has 1 fully saturated rings. The van der Waals surface area contributed by atoms with Crippen molar-refractivity contribution >= 4 is 17.0 Å². The highest BCUT2D eigenvalue weighted by atomic mass is 32.1. The lowest BCUT2D eigenvalue weighted by Crippen LogP contribution is -2.44. The first-order valence-corrected chi connectivity index (χ1v) is 9.88. The third-order valence-electron chi connectivity index (χ3n) is 5.53. The second kappa shape index (κ2) is 6.82. The van der Waals surface area contributed by atoms with E-state index in [9.17, 15) is 5.11 Å². The summed E-state index contributed by atoms with van der Waals surface area (Å²) in [4.78, 5) is 9.38. The molecular formula is C19H25N3OS. The Hall–Kier alpha value is -1.43. The summed E-state index contributed by atoms with van der Waals surface area (Å²) in [5, 5.41) is 12.5. The van der Waals surface area contributed by atoms with Crippen LogP contribution in [-0.2, 0) is 6.42 Å². The molecule has 0 saturated carbocycles. The first kappa shape index (κ1) is 16.1. The molecule has 2 aliphatic rings. The molecule has 24 heavy (non-hydrogen) atoms. The van der Waals surface area contributed by atoms with E-state index in [1.807, 2.05) is 5.38 Å². The van der Waals surface area contributed by atoms with Crippen molar-refractivity contribution in [3.8, 4) is 0 Å². The van der Waals surface area contributed by atoms with Crippen molar-refractivity contribution in [3.05, 3.63) is 45.9 Å². The molecule has 2 aromatic rings. The van der Waals surface area contributed by atoms with E-state index in [0.29, 0.717) is 6.04 Å². The molecule has 0 aliphatic carbocycles. The van der Waals surface area contributed by atoms with Crippen molar-refractivity contribution < 1.29 is 5.11 Å². The maximum absolute atomic E-state index is 10.6. The Labute approximate surface area is 147 Å². The Bertz CT molecular complexity index is 680. The van der Waals surface area contributed by atoms with Crippen LogP contribution in [0.2, 0.25) is 0 Å². The third-order valence-corrected chi connectivity index (χ3v) is 6.14. The Kier molecular flexibility index (Phi) is 4.57. The van der Waals surface area contributed by atoms with Gasteiger partial charge in [0.2, 0.25) is 0 Å². The second-order valence-electron chi connectivity index (χ2n) is 6.81. The highest BCUT2D eigenvalue weighted by Gasteiger charge is 2.29. The van der Waals surface area contributed by atoms with E-state index in [2.05, 4.69) is 39.9 Å². The highest BCUT2D eigenvalue weighted by molar-refractivity contribution is 7.07. The van der Waals surface area contributed by atoms with Gasteiger partial charge in [0.1, 0.15) is 6.10 Å². The largest absolute Gasteiger partial charge is 0.382 e. The van der Waals surface area contributed by atoms with Crippen molar-refractivity contribution in [2.75, 3.05) is 31.1 Å². The van der Waals surface area contributed by atoms with Gasteiger partial charge in [0.05, 0.1) is 11.2 Å². The van der Waals surface area contributed by atoms with Crippen LogP contribution in [-0.4, -0.2) is 47.2 Å². The van der Waals surface area contributed by atoms with Crippen LogP contribution in [0.1, 0.15) is 42.7 Å². The molecule has 128 valence electrons. The number of thiazole rings is 1. The van der Waals surface area contributed by atoms with Gasteiger partial charge in [0.15, 0.2) is 0 Å². The van der Waals surface area contributed by atoms with Crippen molar-refractivity contribution in [1.29, 1.82) is 0 Å². The SMILES string of the molecule is CCN1CCC(N2CCc3ccc(C(O)c4cscn4)cc32)CC1. The number of likely N-dealkylation sites (tertiary alicyclic amines) is 1. The van der Waals surface area contributed by atoms with Crippen LogP contribution in [0.5, 0.6) is 0 Å². The zero-order valence-electron chi connectivity index (χ0n) is 14.2. The predicted octanol–water partition coefficient (Wildman–Crippen LogP) is 3.07. The Morgan fingerprint density at radius 1 is 1.29 bits per heavy atom. The van der Waals surface area contributed by atoms with Crippen LogP contribution >= 0.6 is 11.3 Å². The predicted molar refractivity (Wildman–Crippen MR) is 98.8 cm³/mol. The summed E-state index contributed by atoms with van der Waals surface area (Å²) in [6.07, 6.45) is 2.99. The van der Waals surface area contributed by atoms with E-state index in [1.54, 1.807) is 5.51 Å². The zero-order chi connectivity index (χ0) is 16.5. The van der Waals surface area contributed by atoms with Gasteiger partial charge in [-0.15, -0.1) is 11.3 Å². The standard InChI is InChI=1S/C19H25N3OS/c1-2-21-8-6-16(7-9-21)22-10-5-14-3-4-15(11-18(14)22)19(23)17-12-24-13-20-17/h3-4,11-13,16,19,23H,2,5-10H2,1H3. The van der Waals surface area contributed by atoms with Crippen LogP contribution in [0.3, 0.4) is 0 Å². The van der Waals surface area contributed by atoms with Crippen molar-refractivity contribution in [2.24, 2.45) is 0 Å². The number of anilines is 1. The van der Waals surface area contributed by atoms with Gasteiger partial charge < -0.3 is 14.9 Å². The van der Waals surface area contributed by atoms with Gasteiger partial charge in [-0.2, -0.15) is 0 Å². The van der Waals surface area contributed by atoms with Gasteiger partial charge in [-0.25, -0.2) is 4.98 Å². The number of aromatic nitrogens is 1. The monoisotopic (exact) mass is 343 g/mol. The number of fused-ring (bicyclic) bond motifs is 1. The van der Waals surface area contributed by atoms with Crippen molar-refractivity contribution in [1.82, 2.24) is 9.88 Å². The number of benzene rings is 1. The summed E-state index contributed by atoms with van der Waals surface area (Å²) in [5.41, 5.74) is 6.23. The first-order valence-electron chi connectivity index (χ1n) is 8.94. The van der Waals surface area contributed by atoms with Gasteiger partial charge in [-0.3, -0.25) is 0 Å². The van der Waals surface area contributed by atoms with Gasteiger partial charge in [0.25, 0.3) is 0 Å². The van der Waals surface area contributed by atoms with Gasteiger partial charge >= 0.3 is 0 Å².